The third-order valence-electron chi connectivity index (χ3n) is 3.51. The normalized spacial score (nSPS) is 11.6. The molecule has 0 spiro atoms. The van der Waals surface area contributed by atoms with Gasteiger partial charge in [0.1, 0.15) is 5.01 Å². The van der Waals surface area contributed by atoms with Crippen molar-refractivity contribution in [3.05, 3.63) is 5.01 Å². The zero-order valence-corrected chi connectivity index (χ0v) is 12.5. The Balaban J connectivity index is 2.60. The van der Waals surface area contributed by atoms with Crippen molar-refractivity contribution in [3.63, 3.8) is 0 Å². The summed E-state index contributed by atoms with van der Waals surface area (Å²) in [6.07, 6.45) is 0.854. The van der Waals surface area contributed by atoms with E-state index in [1.165, 1.54) is 11.3 Å². The third-order valence-corrected chi connectivity index (χ3v) is 4.49. The van der Waals surface area contributed by atoms with Gasteiger partial charge in [-0.2, -0.15) is 0 Å². The zero-order valence-electron chi connectivity index (χ0n) is 11.7. The van der Waals surface area contributed by atoms with E-state index in [1.54, 1.807) is 0 Å². The van der Waals surface area contributed by atoms with Crippen LogP contribution in [0.3, 0.4) is 0 Å². The lowest BCUT2D eigenvalue weighted by atomic mass is 10.3. The van der Waals surface area contributed by atoms with E-state index in [-0.39, 0.29) is 5.91 Å². The molecule has 5 nitrogen and oxygen atoms in total. The highest BCUT2D eigenvalue weighted by Gasteiger charge is 2.25. The highest BCUT2D eigenvalue weighted by Crippen LogP contribution is 2.15. The van der Waals surface area contributed by atoms with Gasteiger partial charge in [-0.1, -0.05) is 18.3 Å². The van der Waals surface area contributed by atoms with E-state index in [0.29, 0.717) is 11.7 Å². The van der Waals surface area contributed by atoms with Gasteiger partial charge in [0.2, 0.25) is 5.13 Å². The lowest BCUT2D eigenvalue weighted by Gasteiger charge is -2.34. The fraction of sp³-hybridized carbons (Fsp3) is 0.750. The molecule has 0 aliphatic carbocycles. The standard InChI is InChI=1S/C12H22N4OS/c1-5-11-14-15-12(18-11)13-10(17)9-16(6-2,7-3)8-4/h5-9H2,1-4H3/p+1. The Morgan fingerprint density at radius 3 is 2.22 bits per heavy atom. The number of aromatic nitrogens is 2. The van der Waals surface area contributed by atoms with E-state index in [9.17, 15) is 4.79 Å². The van der Waals surface area contributed by atoms with Crippen LogP contribution in [-0.4, -0.2) is 46.8 Å². The Morgan fingerprint density at radius 1 is 1.17 bits per heavy atom. The first-order chi connectivity index (χ1) is 8.59. The van der Waals surface area contributed by atoms with Crippen LogP contribution in [0.2, 0.25) is 0 Å². The maximum atomic E-state index is 12.0. The lowest BCUT2D eigenvalue weighted by Crippen LogP contribution is -2.51. The van der Waals surface area contributed by atoms with Gasteiger partial charge in [0.05, 0.1) is 19.6 Å². The SMILES string of the molecule is CCc1nnc(NC(=O)C[N+](CC)(CC)CC)s1. The number of aryl methyl sites for hydroxylation is 1. The Kier molecular flexibility index (Phi) is 5.68. The number of carbonyl (C=O) groups excluding carboxylic acids is 1. The highest BCUT2D eigenvalue weighted by atomic mass is 32.1. The number of anilines is 1. The molecule has 1 aromatic rings. The van der Waals surface area contributed by atoms with Crippen LogP contribution in [0.4, 0.5) is 5.13 Å². The molecule has 0 unspecified atom stereocenters. The molecular weight excluding hydrogens is 248 g/mol. The molecule has 1 N–H and O–H groups in total. The van der Waals surface area contributed by atoms with Gasteiger partial charge < -0.3 is 4.48 Å². The van der Waals surface area contributed by atoms with E-state index >= 15 is 0 Å². The zero-order chi connectivity index (χ0) is 13.6. The molecule has 0 aliphatic heterocycles. The maximum absolute atomic E-state index is 12.0. The van der Waals surface area contributed by atoms with E-state index < -0.39 is 0 Å². The van der Waals surface area contributed by atoms with E-state index in [2.05, 4.69) is 36.3 Å². The number of nitrogens with one attached hydrogen (secondary N) is 1. The second-order valence-corrected chi connectivity index (χ2v) is 5.41. The molecule has 0 saturated carbocycles. The largest absolute Gasteiger partial charge is 0.317 e. The second kappa shape index (κ2) is 6.80. The van der Waals surface area contributed by atoms with Crippen molar-refractivity contribution < 1.29 is 9.28 Å². The summed E-state index contributed by atoms with van der Waals surface area (Å²) in [4.78, 5) is 12.0. The molecule has 102 valence electrons. The van der Waals surface area contributed by atoms with Gasteiger partial charge >= 0.3 is 0 Å². The first-order valence-corrected chi connectivity index (χ1v) is 7.38. The summed E-state index contributed by atoms with van der Waals surface area (Å²) < 4.78 is 0.811. The first-order valence-electron chi connectivity index (χ1n) is 6.56. The van der Waals surface area contributed by atoms with Crippen LogP contribution in [0.25, 0.3) is 0 Å². The molecule has 0 radical (unpaired) electrons. The van der Waals surface area contributed by atoms with Crippen molar-refractivity contribution in [3.8, 4) is 0 Å². The van der Waals surface area contributed by atoms with Gasteiger partial charge in [-0.15, -0.1) is 10.2 Å². The van der Waals surface area contributed by atoms with Crippen LogP contribution < -0.4 is 5.32 Å². The van der Waals surface area contributed by atoms with E-state index in [1.807, 2.05) is 6.92 Å². The van der Waals surface area contributed by atoms with Crippen molar-refractivity contribution in [1.82, 2.24) is 10.2 Å². The summed E-state index contributed by atoms with van der Waals surface area (Å²) in [5.41, 5.74) is 0. The number of likely N-dealkylation sites (N-methyl/N-ethyl adjacent to an activating group) is 1. The minimum atomic E-state index is 0.0272. The van der Waals surface area contributed by atoms with Crippen LogP contribution in [0.5, 0.6) is 0 Å². The molecule has 0 bridgehead atoms. The number of rotatable bonds is 7. The number of hydrogen-bond acceptors (Lipinski definition) is 4. The molecule has 1 amide bonds. The number of nitrogens with zero attached hydrogens (tertiary/aromatic N) is 3. The summed E-state index contributed by atoms with van der Waals surface area (Å²) in [6.45, 7) is 11.8. The van der Waals surface area contributed by atoms with Crippen LogP contribution in [-0.2, 0) is 11.2 Å². The summed E-state index contributed by atoms with van der Waals surface area (Å²) >= 11 is 1.45. The monoisotopic (exact) mass is 271 g/mol. The molecule has 0 atom stereocenters. The van der Waals surface area contributed by atoms with Gasteiger partial charge in [0.25, 0.3) is 5.91 Å². The lowest BCUT2D eigenvalue weighted by molar-refractivity contribution is -0.915. The number of carbonyl (C=O) groups is 1. The number of amides is 1. The Morgan fingerprint density at radius 2 is 1.78 bits per heavy atom. The number of hydrogen-bond donors (Lipinski definition) is 1. The Hall–Kier alpha value is -1.01. The van der Waals surface area contributed by atoms with Crippen molar-refractivity contribution in [2.24, 2.45) is 0 Å². The third kappa shape index (κ3) is 3.74. The number of quaternary nitrogens is 1. The summed E-state index contributed by atoms with van der Waals surface area (Å²) in [5.74, 6) is 0.0272. The fourth-order valence-corrected chi connectivity index (χ4v) is 2.61. The van der Waals surface area contributed by atoms with Crippen LogP contribution in [0.1, 0.15) is 32.7 Å². The molecule has 0 saturated heterocycles. The fourth-order valence-electron chi connectivity index (χ4n) is 1.92. The van der Waals surface area contributed by atoms with Crippen molar-refractivity contribution in [1.29, 1.82) is 0 Å². The molecule has 0 aromatic carbocycles. The molecule has 0 fully saturated rings. The van der Waals surface area contributed by atoms with Gasteiger partial charge in [-0.3, -0.25) is 10.1 Å². The quantitative estimate of drug-likeness (QED) is 0.771. The minimum absolute atomic E-state index is 0.0272. The van der Waals surface area contributed by atoms with Crippen LogP contribution >= 0.6 is 11.3 Å². The van der Waals surface area contributed by atoms with Crippen molar-refractivity contribution in [2.45, 2.75) is 34.1 Å². The van der Waals surface area contributed by atoms with Gasteiger partial charge in [-0.25, -0.2) is 0 Å². The minimum Gasteiger partial charge on any atom is -0.317 e. The Labute approximate surface area is 113 Å². The summed E-state index contributed by atoms with van der Waals surface area (Å²) in [7, 11) is 0. The molecule has 0 aliphatic rings. The summed E-state index contributed by atoms with van der Waals surface area (Å²) in [6, 6.07) is 0. The topological polar surface area (TPSA) is 54.9 Å². The maximum Gasteiger partial charge on any atom is 0.281 e. The van der Waals surface area contributed by atoms with Crippen LogP contribution in [0, 0.1) is 0 Å². The molecule has 1 aromatic heterocycles. The van der Waals surface area contributed by atoms with Crippen LogP contribution in [0.15, 0.2) is 0 Å². The van der Waals surface area contributed by atoms with Gasteiger partial charge in [0, 0.05) is 0 Å². The van der Waals surface area contributed by atoms with Crippen molar-refractivity contribution >= 4 is 22.4 Å². The predicted octanol–water partition coefficient (Wildman–Crippen LogP) is 1.92. The molecular formula is C12H23N4OS+. The summed E-state index contributed by atoms with van der Waals surface area (Å²) in [5, 5.41) is 12.4. The second-order valence-electron chi connectivity index (χ2n) is 4.35. The Bertz CT molecular complexity index is 379. The average molecular weight is 271 g/mol. The molecule has 1 heterocycles. The average Bonchev–Trinajstić information content (AvgIpc) is 2.83. The van der Waals surface area contributed by atoms with Gasteiger partial charge in [-0.05, 0) is 27.2 Å². The van der Waals surface area contributed by atoms with E-state index in [0.717, 1.165) is 35.5 Å². The molecule has 1 rings (SSSR count). The molecule has 6 heteroatoms. The smallest absolute Gasteiger partial charge is 0.281 e. The highest BCUT2D eigenvalue weighted by molar-refractivity contribution is 7.15. The van der Waals surface area contributed by atoms with E-state index in [4.69, 9.17) is 0 Å². The molecule has 18 heavy (non-hydrogen) atoms. The van der Waals surface area contributed by atoms with Crippen molar-refractivity contribution in [2.75, 3.05) is 31.5 Å². The van der Waals surface area contributed by atoms with Gasteiger partial charge in [0.15, 0.2) is 6.54 Å². The predicted molar refractivity (Wildman–Crippen MR) is 74.7 cm³/mol. The first kappa shape index (κ1) is 15.0.